The number of nitrogens with one attached hydrogen (secondary N) is 1. The van der Waals surface area contributed by atoms with Gasteiger partial charge in [0.2, 0.25) is 5.88 Å². The first-order chi connectivity index (χ1) is 9.58. The average Bonchev–Trinajstić information content (AvgIpc) is 2.85. The molecule has 2 N–H and O–H groups in total. The van der Waals surface area contributed by atoms with Crippen molar-refractivity contribution in [2.24, 2.45) is 0 Å². The van der Waals surface area contributed by atoms with Crippen LogP contribution in [0.15, 0.2) is 22.0 Å². The summed E-state index contributed by atoms with van der Waals surface area (Å²) < 4.78 is 7.54. The van der Waals surface area contributed by atoms with Crippen LogP contribution in [0.1, 0.15) is 12.5 Å². The zero-order chi connectivity index (χ0) is 14.7. The van der Waals surface area contributed by atoms with Crippen LogP contribution < -0.4 is 11.2 Å². The molecular weight excluding hydrogens is 264 g/mol. The smallest absolute Gasteiger partial charge is 0.335 e. The van der Waals surface area contributed by atoms with E-state index >= 15 is 0 Å². The van der Waals surface area contributed by atoms with E-state index in [1.807, 2.05) is 0 Å². The molecule has 0 aliphatic carbocycles. The van der Waals surface area contributed by atoms with Crippen LogP contribution in [0, 0.1) is 0 Å². The summed E-state index contributed by atoms with van der Waals surface area (Å²) in [5, 5.41) is 14.1. The largest absolute Gasteiger partial charge is 0.494 e. The zero-order valence-electron chi connectivity index (χ0n) is 11.3. The molecule has 2 aromatic heterocycles. The lowest BCUT2D eigenvalue weighted by Crippen LogP contribution is -2.31. The Kier molecular flexibility index (Phi) is 4.04. The molecule has 0 amide bonds. The Bertz CT molecular complexity index is 713. The summed E-state index contributed by atoms with van der Waals surface area (Å²) in [6.45, 7) is 2.73. The van der Waals surface area contributed by atoms with E-state index in [0.29, 0.717) is 25.3 Å². The van der Waals surface area contributed by atoms with Gasteiger partial charge in [-0.1, -0.05) is 6.92 Å². The second kappa shape index (κ2) is 5.74. The standard InChI is InChI=1S/C12H16N4O4/c1-3-9-10(17)14-12(19)16(11(9)18)8-6-13-15(7-8)4-5-20-2/h6-7,18H,3-5H2,1-2H3,(H,14,17,19). The first-order valence-corrected chi connectivity index (χ1v) is 6.17. The Morgan fingerprint density at radius 3 is 2.85 bits per heavy atom. The molecule has 0 bridgehead atoms. The van der Waals surface area contributed by atoms with Crippen LogP contribution in [0.25, 0.3) is 5.69 Å². The van der Waals surface area contributed by atoms with Crippen LogP contribution in [0.2, 0.25) is 0 Å². The van der Waals surface area contributed by atoms with Crippen LogP contribution in [0.3, 0.4) is 0 Å². The van der Waals surface area contributed by atoms with Crippen molar-refractivity contribution in [1.29, 1.82) is 0 Å². The highest BCUT2D eigenvalue weighted by molar-refractivity contribution is 5.34. The molecule has 0 radical (unpaired) electrons. The normalized spacial score (nSPS) is 10.9. The van der Waals surface area contributed by atoms with E-state index < -0.39 is 11.2 Å². The van der Waals surface area contributed by atoms with Crippen LogP contribution in [0.5, 0.6) is 5.88 Å². The van der Waals surface area contributed by atoms with Crippen LogP contribution >= 0.6 is 0 Å². The summed E-state index contributed by atoms with van der Waals surface area (Å²) in [5.74, 6) is -0.354. The molecule has 2 rings (SSSR count). The van der Waals surface area contributed by atoms with Crippen molar-refractivity contribution in [1.82, 2.24) is 19.3 Å². The number of methoxy groups -OCH3 is 1. The Morgan fingerprint density at radius 1 is 1.45 bits per heavy atom. The minimum atomic E-state index is -0.698. The van der Waals surface area contributed by atoms with Crippen molar-refractivity contribution in [2.75, 3.05) is 13.7 Å². The fourth-order valence-electron chi connectivity index (χ4n) is 1.89. The summed E-state index contributed by atoms with van der Waals surface area (Å²) in [4.78, 5) is 25.6. The van der Waals surface area contributed by atoms with Gasteiger partial charge in [0.05, 0.1) is 30.6 Å². The number of rotatable bonds is 5. The molecule has 8 heteroatoms. The Balaban J connectivity index is 2.50. The number of hydrogen-bond acceptors (Lipinski definition) is 5. The van der Waals surface area contributed by atoms with Crippen molar-refractivity contribution >= 4 is 0 Å². The van der Waals surface area contributed by atoms with Gasteiger partial charge in [0.15, 0.2) is 0 Å². The second-order valence-electron chi connectivity index (χ2n) is 4.20. The predicted octanol–water partition coefficient (Wildman–Crippen LogP) is -0.363. The number of aromatic hydroxyl groups is 1. The van der Waals surface area contributed by atoms with Crippen molar-refractivity contribution < 1.29 is 9.84 Å². The fraction of sp³-hybridized carbons (Fsp3) is 0.417. The second-order valence-corrected chi connectivity index (χ2v) is 4.20. The molecule has 108 valence electrons. The van der Waals surface area contributed by atoms with Gasteiger partial charge < -0.3 is 9.84 Å². The summed E-state index contributed by atoms with van der Waals surface area (Å²) in [6, 6.07) is 0. The minimum Gasteiger partial charge on any atom is -0.494 e. The Hall–Kier alpha value is -2.35. The maximum Gasteiger partial charge on any atom is 0.335 e. The number of hydrogen-bond donors (Lipinski definition) is 2. The van der Waals surface area contributed by atoms with E-state index in [1.165, 1.54) is 6.20 Å². The molecule has 0 saturated heterocycles. The number of aromatic nitrogens is 4. The third-order valence-corrected chi connectivity index (χ3v) is 2.94. The van der Waals surface area contributed by atoms with Crippen LogP contribution in [-0.2, 0) is 17.7 Å². The quantitative estimate of drug-likeness (QED) is 0.778. The average molecular weight is 280 g/mol. The molecule has 0 spiro atoms. The topological polar surface area (TPSA) is 102 Å². The first kappa shape index (κ1) is 14.1. The maximum absolute atomic E-state index is 11.8. The van der Waals surface area contributed by atoms with Gasteiger partial charge in [-0.05, 0) is 6.42 Å². The van der Waals surface area contributed by atoms with E-state index in [0.717, 1.165) is 4.57 Å². The molecule has 0 aromatic carbocycles. The lowest BCUT2D eigenvalue weighted by atomic mass is 10.2. The third-order valence-electron chi connectivity index (χ3n) is 2.94. The minimum absolute atomic E-state index is 0.161. The highest BCUT2D eigenvalue weighted by atomic mass is 16.5. The van der Waals surface area contributed by atoms with Crippen LogP contribution in [0.4, 0.5) is 0 Å². The van der Waals surface area contributed by atoms with E-state index in [2.05, 4.69) is 10.1 Å². The molecule has 2 aromatic rings. The lowest BCUT2D eigenvalue weighted by molar-refractivity contribution is 0.183. The lowest BCUT2D eigenvalue weighted by Gasteiger charge is -2.08. The van der Waals surface area contributed by atoms with Gasteiger partial charge in [-0.15, -0.1) is 0 Å². The van der Waals surface area contributed by atoms with Crippen molar-refractivity contribution in [2.45, 2.75) is 19.9 Å². The summed E-state index contributed by atoms with van der Waals surface area (Å²) >= 11 is 0. The number of ether oxygens (including phenoxy) is 1. The van der Waals surface area contributed by atoms with E-state index in [1.54, 1.807) is 24.9 Å². The summed E-state index contributed by atoms with van der Waals surface area (Å²) in [6.07, 6.45) is 3.35. The Labute approximate surface area is 114 Å². The van der Waals surface area contributed by atoms with E-state index in [4.69, 9.17) is 4.74 Å². The van der Waals surface area contributed by atoms with Gasteiger partial charge in [0.25, 0.3) is 5.56 Å². The predicted molar refractivity (Wildman–Crippen MR) is 71.4 cm³/mol. The third kappa shape index (κ3) is 2.50. The molecule has 2 heterocycles. The fourth-order valence-corrected chi connectivity index (χ4v) is 1.89. The number of aromatic amines is 1. The van der Waals surface area contributed by atoms with Gasteiger partial charge >= 0.3 is 5.69 Å². The van der Waals surface area contributed by atoms with Crippen LogP contribution in [-0.4, -0.2) is 38.2 Å². The molecule has 0 unspecified atom stereocenters. The molecular formula is C12H16N4O4. The first-order valence-electron chi connectivity index (χ1n) is 6.17. The molecule has 0 fully saturated rings. The summed E-state index contributed by atoms with van der Waals surface area (Å²) in [5.41, 5.74) is -0.724. The molecule has 0 aliphatic heterocycles. The molecule has 20 heavy (non-hydrogen) atoms. The number of nitrogens with zero attached hydrogens (tertiary/aromatic N) is 3. The van der Waals surface area contributed by atoms with E-state index in [-0.39, 0.29) is 11.4 Å². The maximum atomic E-state index is 11.8. The highest BCUT2D eigenvalue weighted by Gasteiger charge is 2.15. The molecule has 0 aliphatic rings. The molecule has 0 atom stereocenters. The SMILES string of the molecule is CCc1c(O)n(-c2cnn(CCOC)c2)c(=O)[nH]c1=O. The van der Waals surface area contributed by atoms with Gasteiger partial charge in [-0.25, -0.2) is 9.36 Å². The van der Waals surface area contributed by atoms with Gasteiger partial charge in [-0.2, -0.15) is 5.10 Å². The number of H-pyrrole nitrogens is 1. The molecule has 0 saturated carbocycles. The van der Waals surface area contributed by atoms with Crippen molar-refractivity contribution in [3.63, 3.8) is 0 Å². The van der Waals surface area contributed by atoms with Crippen molar-refractivity contribution in [3.05, 3.63) is 38.8 Å². The zero-order valence-corrected chi connectivity index (χ0v) is 11.3. The van der Waals surface area contributed by atoms with Gasteiger partial charge in [0, 0.05) is 13.3 Å². The van der Waals surface area contributed by atoms with Crippen molar-refractivity contribution in [3.8, 4) is 11.6 Å². The van der Waals surface area contributed by atoms with Gasteiger partial charge in [0.1, 0.15) is 0 Å². The van der Waals surface area contributed by atoms with E-state index in [9.17, 15) is 14.7 Å². The Morgan fingerprint density at radius 2 is 2.20 bits per heavy atom. The van der Waals surface area contributed by atoms with Gasteiger partial charge in [-0.3, -0.25) is 14.5 Å². The molecule has 8 nitrogen and oxygen atoms in total. The highest BCUT2D eigenvalue weighted by Crippen LogP contribution is 2.15. The summed E-state index contributed by atoms with van der Waals surface area (Å²) in [7, 11) is 1.58. The monoisotopic (exact) mass is 280 g/mol.